The lowest BCUT2D eigenvalue weighted by molar-refractivity contribution is -0.113. The SMILES string of the molecule is O=C1CSc2ccc(CCNC(=O)NC3CCCC3)cc2N1. The van der Waals surface area contributed by atoms with Gasteiger partial charge in [-0.25, -0.2) is 4.79 Å². The third kappa shape index (κ3) is 3.94. The van der Waals surface area contributed by atoms with E-state index in [2.05, 4.69) is 22.0 Å². The van der Waals surface area contributed by atoms with Gasteiger partial charge in [-0.1, -0.05) is 18.9 Å². The van der Waals surface area contributed by atoms with E-state index in [9.17, 15) is 9.59 Å². The number of hydrogen-bond donors (Lipinski definition) is 3. The van der Waals surface area contributed by atoms with Crippen molar-refractivity contribution in [3.05, 3.63) is 23.8 Å². The van der Waals surface area contributed by atoms with Crippen molar-refractivity contribution in [2.75, 3.05) is 17.6 Å². The number of carbonyl (C=O) groups is 2. The zero-order valence-electron chi connectivity index (χ0n) is 12.5. The molecule has 6 heteroatoms. The Bertz CT molecular complexity index is 571. The van der Waals surface area contributed by atoms with Gasteiger partial charge in [-0.2, -0.15) is 0 Å². The predicted molar refractivity (Wildman–Crippen MR) is 88.3 cm³/mol. The van der Waals surface area contributed by atoms with Crippen LogP contribution in [0.3, 0.4) is 0 Å². The van der Waals surface area contributed by atoms with E-state index in [1.165, 1.54) is 12.8 Å². The maximum Gasteiger partial charge on any atom is 0.315 e. The highest BCUT2D eigenvalue weighted by Crippen LogP contribution is 2.31. The minimum atomic E-state index is -0.0753. The Morgan fingerprint density at radius 3 is 2.95 bits per heavy atom. The van der Waals surface area contributed by atoms with Crippen molar-refractivity contribution in [3.63, 3.8) is 0 Å². The van der Waals surface area contributed by atoms with Gasteiger partial charge in [0.25, 0.3) is 0 Å². The van der Waals surface area contributed by atoms with Crippen LogP contribution in [0.15, 0.2) is 23.1 Å². The highest BCUT2D eigenvalue weighted by molar-refractivity contribution is 8.00. The van der Waals surface area contributed by atoms with Gasteiger partial charge in [-0.05, 0) is 37.0 Å². The molecule has 3 rings (SSSR count). The van der Waals surface area contributed by atoms with Crippen LogP contribution in [-0.2, 0) is 11.2 Å². The Balaban J connectivity index is 1.46. The van der Waals surface area contributed by atoms with Crippen molar-refractivity contribution in [3.8, 4) is 0 Å². The number of fused-ring (bicyclic) bond motifs is 1. The van der Waals surface area contributed by atoms with Gasteiger partial charge in [0.15, 0.2) is 0 Å². The number of rotatable bonds is 4. The summed E-state index contributed by atoms with van der Waals surface area (Å²) in [5.41, 5.74) is 2.00. The second-order valence-corrected chi connectivity index (χ2v) is 6.82. The third-order valence-corrected chi connectivity index (χ3v) is 5.14. The molecule has 0 atom stereocenters. The quantitative estimate of drug-likeness (QED) is 0.798. The molecule has 0 saturated heterocycles. The van der Waals surface area contributed by atoms with Gasteiger partial charge in [0.05, 0.1) is 11.4 Å². The molecule has 3 N–H and O–H groups in total. The summed E-state index contributed by atoms with van der Waals surface area (Å²) < 4.78 is 0. The van der Waals surface area contributed by atoms with E-state index >= 15 is 0 Å². The van der Waals surface area contributed by atoms with Crippen molar-refractivity contribution in [2.24, 2.45) is 0 Å². The Hall–Kier alpha value is -1.69. The summed E-state index contributed by atoms with van der Waals surface area (Å²) in [4.78, 5) is 24.3. The van der Waals surface area contributed by atoms with Crippen molar-refractivity contribution in [2.45, 2.75) is 43.0 Å². The van der Waals surface area contributed by atoms with Crippen molar-refractivity contribution in [1.29, 1.82) is 0 Å². The number of amides is 3. The smallest absolute Gasteiger partial charge is 0.315 e. The molecule has 5 nitrogen and oxygen atoms in total. The lowest BCUT2D eigenvalue weighted by Crippen LogP contribution is -2.41. The van der Waals surface area contributed by atoms with Gasteiger partial charge in [0.1, 0.15) is 0 Å². The minimum Gasteiger partial charge on any atom is -0.338 e. The molecule has 1 heterocycles. The number of carbonyl (C=O) groups excluding carboxylic acids is 2. The predicted octanol–water partition coefficient (Wildman–Crippen LogP) is 2.52. The molecular weight excluding hydrogens is 298 g/mol. The molecule has 1 aliphatic heterocycles. The van der Waals surface area contributed by atoms with Gasteiger partial charge < -0.3 is 16.0 Å². The van der Waals surface area contributed by atoms with Crippen LogP contribution in [0.25, 0.3) is 0 Å². The summed E-state index contributed by atoms with van der Waals surface area (Å²) in [7, 11) is 0. The summed E-state index contributed by atoms with van der Waals surface area (Å²) in [5.74, 6) is 0.526. The zero-order chi connectivity index (χ0) is 15.4. The number of urea groups is 1. The fourth-order valence-corrected chi connectivity index (χ4v) is 3.70. The summed E-state index contributed by atoms with van der Waals surface area (Å²) >= 11 is 1.56. The van der Waals surface area contributed by atoms with Crippen LogP contribution in [0.2, 0.25) is 0 Å². The molecule has 3 amide bonds. The summed E-state index contributed by atoms with van der Waals surface area (Å²) in [5, 5.41) is 8.80. The number of thioether (sulfide) groups is 1. The maximum absolute atomic E-state index is 11.8. The monoisotopic (exact) mass is 319 g/mol. The summed E-state index contributed by atoms with van der Waals surface area (Å²) in [6.07, 6.45) is 5.37. The first-order valence-electron chi connectivity index (χ1n) is 7.80. The minimum absolute atomic E-state index is 0.0451. The fourth-order valence-electron chi connectivity index (χ4n) is 2.91. The Morgan fingerprint density at radius 2 is 2.14 bits per heavy atom. The first-order valence-corrected chi connectivity index (χ1v) is 8.79. The van der Waals surface area contributed by atoms with Crippen LogP contribution in [0.1, 0.15) is 31.2 Å². The molecular formula is C16H21N3O2S. The topological polar surface area (TPSA) is 70.2 Å². The Kier molecular flexibility index (Phi) is 4.87. The standard InChI is InChI=1S/C16H21N3O2S/c20-15-10-22-14-6-5-11(9-13(14)19-15)7-8-17-16(21)18-12-3-1-2-4-12/h5-6,9,12H,1-4,7-8,10H2,(H,19,20)(H2,17,18,21). The van der Waals surface area contributed by atoms with Crippen LogP contribution in [-0.4, -0.2) is 30.3 Å². The first-order chi connectivity index (χ1) is 10.7. The molecule has 1 aliphatic carbocycles. The third-order valence-electron chi connectivity index (χ3n) is 4.07. The number of nitrogens with one attached hydrogen (secondary N) is 3. The van der Waals surface area contributed by atoms with Crippen LogP contribution in [0, 0.1) is 0 Å². The number of benzene rings is 1. The lowest BCUT2D eigenvalue weighted by Gasteiger charge is -2.17. The number of anilines is 1. The first kappa shape index (κ1) is 15.2. The van der Waals surface area contributed by atoms with E-state index in [0.717, 1.165) is 35.4 Å². The lowest BCUT2D eigenvalue weighted by atomic mass is 10.1. The molecule has 0 aromatic heterocycles. The average molecular weight is 319 g/mol. The van der Waals surface area contributed by atoms with Crippen molar-refractivity contribution in [1.82, 2.24) is 10.6 Å². The zero-order valence-corrected chi connectivity index (χ0v) is 13.3. The van der Waals surface area contributed by atoms with Crippen molar-refractivity contribution < 1.29 is 9.59 Å². The van der Waals surface area contributed by atoms with Gasteiger partial charge >= 0.3 is 6.03 Å². The average Bonchev–Trinajstić information content (AvgIpc) is 2.99. The largest absolute Gasteiger partial charge is 0.338 e. The number of hydrogen-bond acceptors (Lipinski definition) is 3. The van der Waals surface area contributed by atoms with E-state index in [0.29, 0.717) is 18.3 Å². The van der Waals surface area contributed by atoms with Gasteiger partial charge in [0, 0.05) is 17.5 Å². The maximum atomic E-state index is 11.8. The van der Waals surface area contributed by atoms with Gasteiger partial charge in [0.2, 0.25) is 5.91 Å². The van der Waals surface area contributed by atoms with E-state index in [-0.39, 0.29) is 11.9 Å². The summed E-state index contributed by atoms with van der Waals surface area (Å²) in [6.45, 7) is 0.596. The molecule has 118 valence electrons. The van der Waals surface area contributed by atoms with E-state index in [4.69, 9.17) is 0 Å². The molecule has 0 radical (unpaired) electrons. The van der Waals surface area contributed by atoms with Gasteiger partial charge in [-0.3, -0.25) is 4.79 Å². The Labute approximate surface area is 134 Å². The fraction of sp³-hybridized carbons (Fsp3) is 0.500. The molecule has 0 bridgehead atoms. The van der Waals surface area contributed by atoms with Crippen LogP contribution in [0.5, 0.6) is 0 Å². The highest BCUT2D eigenvalue weighted by atomic mass is 32.2. The molecule has 0 spiro atoms. The van der Waals surface area contributed by atoms with E-state index in [1.807, 2.05) is 12.1 Å². The highest BCUT2D eigenvalue weighted by Gasteiger charge is 2.17. The molecule has 1 aromatic rings. The molecule has 22 heavy (non-hydrogen) atoms. The Morgan fingerprint density at radius 1 is 1.32 bits per heavy atom. The second-order valence-electron chi connectivity index (χ2n) is 5.80. The van der Waals surface area contributed by atoms with Gasteiger partial charge in [-0.15, -0.1) is 11.8 Å². The van der Waals surface area contributed by atoms with E-state index in [1.54, 1.807) is 11.8 Å². The van der Waals surface area contributed by atoms with Crippen LogP contribution >= 0.6 is 11.8 Å². The molecule has 2 aliphatic rings. The molecule has 1 aromatic carbocycles. The molecule has 1 saturated carbocycles. The molecule has 1 fully saturated rings. The summed E-state index contributed by atoms with van der Waals surface area (Å²) in [6, 6.07) is 6.35. The van der Waals surface area contributed by atoms with Crippen LogP contribution < -0.4 is 16.0 Å². The normalized spacial score (nSPS) is 17.7. The molecule has 0 unspecified atom stereocenters. The van der Waals surface area contributed by atoms with E-state index < -0.39 is 0 Å². The van der Waals surface area contributed by atoms with Crippen molar-refractivity contribution >= 4 is 29.4 Å². The van der Waals surface area contributed by atoms with Crippen LogP contribution in [0.4, 0.5) is 10.5 Å². The second kappa shape index (κ2) is 7.05.